The summed E-state index contributed by atoms with van der Waals surface area (Å²) in [5.41, 5.74) is 3.51. The average molecular weight is 475 g/mol. The highest BCUT2D eigenvalue weighted by Crippen LogP contribution is 2.22. The lowest BCUT2D eigenvalue weighted by atomic mass is 10.1. The number of nitrogens with zero attached hydrogens (tertiary/aromatic N) is 5. The minimum Gasteiger partial charge on any atom is -0.325 e. The third-order valence-corrected chi connectivity index (χ3v) is 7.93. The van der Waals surface area contributed by atoms with Crippen LogP contribution in [0.5, 0.6) is 0 Å². The maximum atomic E-state index is 12.7. The molecule has 0 atom stereocenters. The first-order valence-corrected chi connectivity index (χ1v) is 12.6. The largest absolute Gasteiger partial charge is 0.325 e. The quantitative estimate of drug-likeness (QED) is 0.475. The summed E-state index contributed by atoms with van der Waals surface area (Å²) in [6.45, 7) is 8.37. The molecule has 1 heterocycles. The van der Waals surface area contributed by atoms with E-state index >= 15 is 0 Å². The number of amides is 1. The summed E-state index contributed by atoms with van der Waals surface area (Å²) in [5.74, 6) is -0.222. The van der Waals surface area contributed by atoms with Crippen LogP contribution in [0.15, 0.2) is 52.5 Å². The van der Waals surface area contributed by atoms with Crippen LogP contribution in [-0.4, -0.2) is 57.7 Å². The van der Waals surface area contributed by atoms with E-state index in [9.17, 15) is 13.2 Å². The van der Waals surface area contributed by atoms with E-state index < -0.39 is 10.0 Å². The summed E-state index contributed by atoms with van der Waals surface area (Å²) < 4.78 is 28.4. The Hall–Kier alpha value is -2.76. The number of rotatable bonds is 9. The molecule has 0 radical (unpaired) electrons. The first-order valence-electron chi connectivity index (χ1n) is 10.1. The van der Waals surface area contributed by atoms with Crippen molar-refractivity contribution in [3.05, 3.63) is 53.6 Å². The molecular weight excluding hydrogens is 448 g/mol. The van der Waals surface area contributed by atoms with Gasteiger partial charge in [-0.25, -0.2) is 8.42 Å². The second kappa shape index (κ2) is 10.2. The molecule has 0 saturated heterocycles. The van der Waals surface area contributed by atoms with Crippen molar-refractivity contribution < 1.29 is 13.2 Å². The number of anilines is 1. The predicted octanol–water partition coefficient (Wildman–Crippen LogP) is 3.04. The summed E-state index contributed by atoms with van der Waals surface area (Å²) in [5, 5.41) is 15.0. The topological polar surface area (TPSA) is 110 Å². The summed E-state index contributed by atoms with van der Waals surface area (Å²) >= 11 is 1.20. The molecular formula is C21H26N6O3S2. The Bertz CT molecular complexity index is 1210. The summed E-state index contributed by atoms with van der Waals surface area (Å²) in [7, 11) is -3.60. The fourth-order valence-electron chi connectivity index (χ4n) is 3.06. The summed E-state index contributed by atoms with van der Waals surface area (Å²) in [4.78, 5) is 12.6. The van der Waals surface area contributed by atoms with E-state index in [2.05, 4.69) is 20.8 Å². The highest BCUT2D eigenvalue weighted by atomic mass is 32.2. The molecule has 0 bridgehead atoms. The lowest BCUT2D eigenvalue weighted by Gasteiger charge is -2.18. The molecule has 0 aliphatic rings. The number of tetrazole rings is 1. The fourth-order valence-corrected chi connectivity index (χ4v) is 5.26. The molecule has 1 amide bonds. The van der Waals surface area contributed by atoms with Crippen LogP contribution in [0.4, 0.5) is 5.69 Å². The van der Waals surface area contributed by atoms with Crippen molar-refractivity contribution in [2.24, 2.45) is 0 Å². The molecule has 1 N–H and O–H groups in total. The van der Waals surface area contributed by atoms with E-state index in [4.69, 9.17) is 0 Å². The minimum absolute atomic E-state index is 0.0677. The second-order valence-electron chi connectivity index (χ2n) is 7.10. The van der Waals surface area contributed by atoms with Crippen LogP contribution < -0.4 is 5.32 Å². The first kappa shape index (κ1) is 23.9. The Balaban J connectivity index is 1.68. The monoisotopic (exact) mass is 474 g/mol. The van der Waals surface area contributed by atoms with E-state index in [1.807, 2.05) is 32.0 Å². The Kier molecular flexibility index (Phi) is 7.64. The van der Waals surface area contributed by atoms with Gasteiger partial charge in [0.05, 0.1) is 16.3 Å². The zero-order valence-corrected chi connectivity index (χ0v) is 20.1. The zero-order chi connectivity index (χ0) is 23.3. The van der Waals surface area contributed by atoms with Crippen molar-refractivity contribution in [1.29, 1.82) is 0 Å². The standard InChI is InChI=1S/C21H26N6O3S2/c1-5-26(6-2)32(29,30)19-9-7-8-17(13-19)22-20(28)14-31-21-23-24-25-27(21)18-11-10-15(3)16(4)12-18/h7-13H,5-6,14H2,1-4H3,(H,22,28). The molecule has 11 heteroatoms. The van der Waals surface area contributed by atoms with Crippen molar-refractivity contribution in [3.63, 3.8) is 0 Å². The van der Waals surface area contributed by atoms with Crippen LogP contribution in [0.25, 0.3) is 5.69 Å². The van der Waals surface area contributed by atoms with Crippen LogP contribution in [0, 0.1) is 13.8 Å². The maximum absolute atomic E-state index is 12.7. The minimum atomic E-state index is -3.60. The molecule has 0 aliphatic heterocycles. The molecule has 1 aromatic heterocycles. The molecule has 32 heavy (non-hydrogen) atoms. The van der Waals surface area contributed by atoms with Gasteiger partial charge in [-0.3, -0.25) is 4.79 Å². The van der Waals surface area contributed by atoms with Crippen molar-refractivity contribution in [2.45, 2.75) is 37.7 Å². The SMILES string of the molecule is CCN(CC)S(=O)(=O)c1cccc(NC(=O)CSc2nnnn2-c2ccc(C)c(C)c2)c1. The van der Waals surface area contributed by atoms with Gasteiger partial charge in [-0.2, -0.15) is 8.99 Å². The van der Waals surface area contributed by atoms with Gasteiger partial charge in [0, 0.05) is 18.8 Å². The molecule has 0 unspecified atom stereocenters. The lowest BCUT2D eigenvalue weighted by molar-refractivity contribution is -0.113. The van der Waals surface area contributed by atoms with Gasteiger partial charge >= 0.3 is 0 Å². The maximum Gasteiger partial charge on any atom is 0.243 e. The molecule has 9 nitrogen and oxygen atoms in total. The number of nitrogens with one attached hydrogen (secondary N) is 1. The molecule has 2 aromatic carbocycles. The number of aromatic nitrogens is 4. The summed E-state index contributed by atoms with van der Waals surface area (Å²) in [6, 6.07) is 12.2. The van der Waals surface area contributed by atoms with Crippen LogP contribution in [0.1, 0.15) is 25.0 Å². The van der Waals surface area contributed by atoms with Crippen molar-refractivity contribution in [3.8, 4) is 5.69 Å². The average Bonchev–Trinajstić information content (AvgIpc) is 3.24. The number of carbonyl (C=O) groups is 1. The lowest BCUT2D eigenvalue weighted by Crippen LogP contribution is -2.30. The molecule has 170 valence electrons. The zero-order valence-electron chi connectivity index (χ0n) is 18.4. The Morgan fingerprint density at radius 2 is 1.84 bits per heavy atom. The van der Waals surface area contributed by atoms with Gasteiger partial charge in [0.15, 0.2) is 0 Å². The third kappa shape index (κ3) is 5.34. The van der Waals surface area contributed by atoms with E-state index in [0.29, 0.717) is 23.9 Å². The van der Waals surface area contributed by atoms with Gasteiger partial charge in [-0.15, -0.1) is 5.10 Å². The molecule has 3 aromatic rings. The van der Waals surface area contributed by atoms with Crippen molar-refractivity contribution in [2.75, 3.05) is 24.2 Å². The van der Waals surface area contributed by atoms with E-state index in [1.165, 1.54) is 33.8 Å². The van der Waals surface area contributed by atoms with E-state index in [0.717, 1.165) is 11.3 Å². The molecule has 0 saturated carbocycles. The highest BCUT2D eigenvalue weighted by molar-refractivity contribution is 7.99. The van der Waals surface area contributed by atoms with Crippen LogP contribution in [-0.2, 0) is 14.8 Å². The normalized spacial score (nSPS) is 11.7. The smallest absolute Gasteiger partial charge is 0.243 e. The second-order valence-corrected chi connectivity index (χ2v) is 9.98. The Morgan fingerprint density at radius 3 is 2.53 bits per heavy atom. The Labute approximate surface area is 192 Å². The van der Waals surface area contributed by atoms with Gasteiger partial charge in [0.25, 0.3) is 0 Å². The number of hydrogen-bond acceptors (Lipinski definition) is 7. The number of aryl methyl sites for hydroxylation is 2. The fraction of sp³-hybridized carbons (Fsp3) is 0.333. The number of sulfonamides is 1. The summed E-state index contributed by atoms with van der Waals surface area (Å²) in [6.07, 6.45) is 0. The molecule has 0 aliphatic carbocycles. The number of benzene rings is 2. The van der Waals surface area contributed by atoms with Crippen LogP contribution in [0.2, 0.25) is 0 Å². The van der Waals surface area contributed by atoms with Crippen LogP contribution >= 0.6 is 11.8 Å². The van der Waals surface area contributed by atoms with E-state index in [-0.39, 0.29) is 16.6 Å². The first-order chi connectivity index (χ1) is 15.3. The molecule has 0 fully saturated rings. The number of thioether (sulfide) groups is 1. The van der Waals surface area contributed by atoms with Crippen LogP contribution in [0.3, 0.4) is 0 Å². The number of hydrogen-bond donors (Lipinski definition) is 1. The van der Waals surface area contributed by atoms with Gasteiger partial charge in [0.2, 0.25) is 21.1 Å². The Morgan fingerprint density at radius 1 is 1.09 bits per heavy atom. The van der Waals surface area contributed by atoms with Crippen molar-refractivity contribution in [1.82, 2.24) is 24.5 Å². The highest BCUT2D eigenvalue weighted by Gasteiger charge is 2.22. The van der Waals surface area contributed by atoms with Crippen molar-refractivity contribution >= 4 is 33.4 Å². The van der Waals surface area contributed by atoms with Gasteiger partial charge < -0.3 is 5.32 Å². The van der Waals surface area contributed by atoms with Gasteiger partial charge in [0.1, 0.15) is 0 Å². The number of carbonyl (C=O) groups excluding carboxylic acids is 1. The predicted molar refractivity (Wildman–Crippen MR) is 125 cm³/mol. The molecule has 0 spiro atoms. The van der Waals surface area contributed by atoms with Gasteiger partial charge in [-0.1, -0.05) is 37.7 Å². The third-order valence-electron chi connectivity index (χ3n) is 4.97. The van der Waals surface area contributed by atoms with Gasteiger partial charge in [-0.05, 0) is 65.7 Å². The van der Waals surface area contributed by atoms with E-state index in [1.54, 1.807) is 30.7 Å². The molecule has 3 rings (SSSR count).